The Morgan fingerprint density at radius 2 is 2.04 bits per heavy atom. The van der Waals surface area contributed by atoms with Gasteiger partial charge in [-0.05, 0) is 49.6 Å². The van der Waals surface area contributed by atoms with Gasteiger partial charge in [-0.2, -0.15) is 5.26 Å². The number of aliphatic imine (C=N–C) groups is 1. The van der Waals surface area contributed by atoms with Gasteiger partial charge in [0.2, 0.25) is 5.88 Å². The van der Waals surface area contributed by atoms with Crippen molar-refractivity contribution in [2.45, 2.75) is 26.3 Å². The zero-order valence-electron chi connectivity index (χ0n) is 15.4. The van der Waals surface area contributed by atoms with E-state index in [2.05, 4.69) is 4.99 Å². The fourth-order valence-electron chi connectivity index (χ4n) is 3.33. The number of nitrogens with zero attached hydrogens (tertiary/aromatic N) is 3. The lowest BCUT2D eigenvalue weighted by molar-refractivity contribution is 0.379. The van der Waals surface area contributed by atoms with Crippen LogP contribution in [0.25, 0.3) is 0 Å². The molecule has 1 saturated heterocycles. The van der Waals surface area contributed by atoms with Crippen molar-refractivity contribution >= 4 is 21.7 Å². The largest absolute Gasteiger partial charge is 0.508 e. The first-order valence-electron chi connectivity index (χ1n) is 8.57. The molecule has 2 aromatic rings. The van der Waals surface area contributed by atoms with E-state index in [1.54, 1.807) is 13.0 Å². The highest BCUT2D eigenvalue weighted by Crippen LogP contribution is 2.30. The summed E-state index contributed by atoms with van der Waals surface area (Å²) < 4.78 is 24.6. The molecule has 0 spiro atoms. The number of benzene rings is 1. The summed E-state index contributed by atoms with van der Waals surface area (Å²) in [4.78, 5) is 17.0. The quantitative estimate of drug-likeness (QED) is 0.754. The molecule has 2 heterocycles. The molecule has 28 heavy (non-hydrogen) atoms. The zero-order valence-corrected chi connectivity index (χ0v) is 16.2. The van der Waals surface area contributed by atoms with Crippen molar-refractivity contribution in [1.29, 1.82) is 5.26 Å². The molecule has 3 rings (SSSR count). The molecule has 0 amide bonds. The lowest BCUT2D eigenvalue weighted by Crippen LogP contribution is -2.29. The molecule has 1 fully saturated rings. The molecule has 9 heteroatoms. The third-order valence-corrected chi connectivity index (χ3v) is 6.63. The van der Waals surface area contributed by atoms with Crippen molar-refractivity contribution in [1.82, 2.24) is 4.57 Å². The molecule has 1 aliphatic rings. The van der Waals surface area contributed by atoms with E-state index in [1.807, 2.05) is 6.07 Å². The fourth-order valence-corrected chi connectivity index (χ4v) is 5.03. The fraction of sp³-hybridized carbons (Fsp3) is 0.316. The number of pyridine rings is 1. The third kappa shape index (κ3) is 3.51. The molecule has 0 radical (unpaired) electrons. The standard InChI is InChI=1S/C19H19N3O5S/c1-11-7-14(23)3-4-17(11)21-9-16-12(2)15(8-20)18(24)22(19(16)25)13-5-6-28(26,27)10-13/h3-4,7,9,13,23,25H,5-6,10H2,1-2H3/t13-/m1/s1. The molecule has 2 N–H and O–H groups in total. The van der Waals surface area contributed by atoms with Crippen LogP contribution >= 0.6 is 0 Å². The van der Waals surface area contributed by atoms with Crippen molar-refractivity contribution < 1.29 is 18.6 Å². The number of nitriles is 1. The summed E-state index contributed by atoms with van der Waals surface area (Å²) in [5, 5.41) is 29.6. The van der Waals surface area contributed by atoms with E-state index in [-0.39, 0.29) is 40.4 Å². The zero-order chi connectivity index (χ0) is 20.6. The maximum absolute atomic E-state index is 12.7. The number of aryl methyl sites for hydroxylation is 1. The lowest BCUT2D eigenvalue weighted by Gasteiger charge is -2.18. The minimum Gasteiger partial charge on any atom is -0.508 e. The van der Waals surface area contributed by atoms with Crippen LogP contribution in [-0.2, 0) is 9.84 Å². The summed E-state index contributed by atoms with van der Waals surface area (Å²) >= 11 is 0. The van der Waals surface area contributed by atoms with Gasteiger partial charge in [0.05, 0.1) is 28.8 Å². The highest BCUT2D eigenvalue weighted by molar-refractivity contribution is 7.91. The molecule has 8 nitrogen and oxygen atoms in total. The Hall–Kier alpha value is -3.12. The van der Waals surface area contributed by atoms with Crippen LogP contribution < -0.4 is 5.56 Å². The van der Waals surface area contributed by atoms with Crippen LogP contribution in [0.3, 0.4) is 0 Å². The van der Waals surface area contributed by atoms with E-state index in [0.29, 0.717) is 11.3 Å². The molecule has 146 valence electrons. The Balaban J connectivity index is 2.16. The van der Waals surface area contributed by atoms with E-state index in [4.69, 9.17) is 0 Å². The number of phenols is 1. The highest BCUT2D eigenvalue weighted by Gasteiger charge is 2.33. The van der Waals surface area contributed by atoms with E-state index < -0.39 is 27.3 Å². The minimum absolute atomic E-state index is 0.0740. The van der Waals surface area contributed by atoms with Crippen molar-refractivity contribution in [2.75, 3.05) is 11.5 Å². The SMILES string of the molecule is Cc1cc(O)ccc1N=Cc1c(C)c(C#N)c(=O)n([C@@H]2CCS(=O)(=O)C2)c1O. The van der Waals surface area contributed by atoms with Gasteiger partial charge in [-0.3, -0.25) is 14.4 Å². The Morgan fingerprint density at radius 3 is 2.61 bits per heavy atom. The smallest absolute Gasteiger partial charge is 0.271 e. The second kappa shape index (κ2) is 7.13. The Bertz CT molecular complexity index is 1190. The van der Waals surface area contributed by atoms with Crippen LogP contribution in [0.2, 0.25) is 0 Å². The molecule has 1 aliphatic heterocycles. The van der Waals surface area contributed by atoms with E-state index >= 15 is 0 Å². The van der Waals surface area contributed by atoms with Gasteiger partial charge < -0.3 is 10.2 Å². The molecule has 1 aromatic heterocycles. The van der Waals surface area contributed by atoms with Crippen molar-refractivity contribution in [3.05, 3.63) is 50.8 Å². The second-order valence-electron chi connectivity index (χ2n) is 6.81. The molecular weight excluding hydrogens is 382 g/mol. The highest BCUT2D eigenvalue weighted by atomic mass is 32.2. The van der Waals surface area contributed by atoms with Crippen molar-refractivity contribution in [3.63, 3.8) is 0 Å². The number of rotatable bonds is 3. The monoisotopic (exact) mass is 401 g/mol. The second-order valence-corrected chi connectivity index (χ2v) is 9.04. The van der Waals surface area contributed by atoms with Gasteiger partial charge in [-0.15, -0.1) is 0 Å². The van der Waals surface area contributed by atoms with Gasteiger partial charge in [-0.1, -0.05) is 0 Å². The molecule has 1 atom stereocenters. The number of hydrogen-bond acceptors (Lipinski definition) is 7. The topological polar surface area (TPSA) is 133 Å². The third-order valence-electron chi connectivity index (χ3n) is 4.88. The van der Waals surface area contributed by atoms with E-state index in [0.717, 1.165) is 4.57 Å². The summed E-state index contributed by atoms with van der Waals surface area (Å²) in [6.45, 7) is 3.28. The Kier molecular flexibility index (Phi) is 5.00. The van der Waals surface area contributed by atoms with Gasteiger partial charge in [-0.25, -0.2) is 8.42 Å². The van der Waals surface area contributed by atoms with E-state index in [1.165, 1.54) is 25.3 Å². The number of hydrogen-bond donors (Lipinski definition) is 2. The van der Waals surface area contributed by atoms with Crippen molar-refractivity contribution in [3.8, 4) is 17.7 Å². The van der Waals surface area contributed by atoms with E-state index in [9.17, 15) is 28.7 Å². The van der Waals surface area contributed by atoms with Crippen LogP contribution in [0.4, 0.5) is 5.69 Å². The first-order valence-corrected chi connectivity index (χ1v) is 10.4. The maximum atomic E-state index is 12.7. The molecule has 0 saturated carbocycles. The van der Waals surface area contributed by atoms with Gasteiger partial charge in [0.1, 0.15) is 17.4 Å². The predicted octanol–water partition coefficient (Wildman–Crippen LogP) is 1.86. The Morgan fingerprint density at radius 1 is 1.32 bits per heavy atom. The van der Waals surface area contributed by atoms with Gasteiger partial charge >= 0.3 is 0 Å². The maximum Gasteiger partial charge on any atom is 0.271 e. The molecule has 1 aromatic carbocycles. The summed E-state index contributed by atoms with van der Waals surface area (Å²) in [6, 6.07) is 5.71. The number of sulfone groups is 1. The van der Waals surface area contributed by atoms with Crippen LogP contribution in [0, 0.1) is 25.2 Å². The van der Waals surface area contributed by atoms with Crippen LogP contribution in [0.1, 0.15) is 34.7 Å². The summed E-state index contributed by atoms with van der Waals surface area (Å²) in [7, 11) is -3.30. The number of aromatic hydroxyl groups is 2. The minimum atomic E-state index is -3.30. The predicted molar refractivity (Wildman–Crippen MR) is 104 cm³/mol. The number of phenolic OH excluding ortho intramolecular Hbond substituents is 1. The van der Waals surface area contributed by atoms with Crippen LogP contribution in [0.15, 0.2) is 28.0 Å². The van der Waals surface area contributed by atoms with Crippen molar-refractivity contribution in [2.24, 2.45) is 4.99 Å². The lowest BCUT2D eigenvalue weighted by atomic mass is 10.0. The molecule has 0 unspecified atom stereocenters. The summed E-state index contributed by atoms with van der Waals surface area (Å²) in [5.41, 5.74) is 0.805. The molecular formula is C19H19N3O5S. The molecule has 0 bridgehead atoms. The summed E-state index contributed by atoms with van der Waals surface area (Å²) in [6.07, 6.45) is 1.53. The normalized spacial score (nSPS) is 18.4. The first kappa shape index (κ1) is 19.6. The van der Waals surface area contributed by atoms with Gasteiger partial charge in [0.25, 0.3) is 5.56 Å². The van der Waals surface area contributed by atoms with Crippen LogP contribution in [-0.4, -0.2) is 40.9 Å². The van der Waals surface area contributed by atoms with Gasteiger partial charge in [0.15, 0.2) is 9.84 Å². The first-order chi connectivity index (χ1) is 13.1. The average molecular weight is 401 g/mol. The summed E-state index contributed by atoms with van der Waals surface area (Å²) in [5.74, 6) is -0.653. The van der Waals surface area contributed by atoms with Crippen LogP contribution in [0.5, 0.6) is 11.6 Å². The Labute approximate surface area is 161 Å². The average Bonchev–Trinajstić information content (AvgIpc) is 2.96. The number of aromatic nitrogens is 1. The molecule has 0 aliphatic carbocycles. The van der Waals surface area contributed by atoms with Gasteiger partial charge in [0, 0.05) is 6.21 Å².